The van der Waals surface area contributed by atoms with Crippen molar-refractivity contribution in [1.29, 1.82) is 0 Å². The number of ether oxygens (including phenoxy) is 1. The molecule has 1 aliphatic carbocycles. The molecule has 2 nitrogen and oxygen atoms in total. The van der Waals surface area contributed by atoms with Crippen LogP contribution in [0.5, 0.6) is 5.75 Å². The van der Waals surface area contributed by atoms with Gasteiger partial charge in [0.2, 0.25) is 0 Å². The van der Waals surface area contributed by atoms with Crippen LogP contribution >= 0.6 is 0 Å². The number of methoxy groups -OCH3 is 1. The highest BCUT2D eigenvalue weighted by atomic mass is 16.5. The summed E-state index contributed by atoms with van der Waals surface area (Å²) in [4.78, 5) is 0. The highest BCUT2D eigenvalue weighted by molar-refractivity contribution is 5.45. The maximum atomic E-state index is 5.56. The van der Waals surface area contributed by atoms with Gasteiger partial charge in [-0.25, -0.2) is 0 Å². The molecule has 1 N–H and O–H groups in total. The van der Waals surface area contributed by atoms with Crippen LogP contribution in [0.2, 0.25) is 0 Å². The topological polar surface area (TPSA) is 21.3 Å². The third-order valence-electron chi connectivity index (χ3n) is 3.90. The van der Waals surface area contributed by atoms with Crippen molar-refractivity contribution < 1.29 is 4.74 Å². The molecule has 0 heterocycles. The number of nitrogens with one attached hydrogen (secondary N) is 1. The smallest absolute Gasteiger partial charge is 0.122 e. The molecule has 0 radical (unpaired) electrons. The molecule has 2 heteroatoms. The standard InChI is InChI=1S/C17H23NO/c1-4-7-14-15(18-12-5-2)11-10-13-8-6-9-16(19-3)17(13)14/h4-6,8-9,14-15,18H,1-2,7,10-12H2,3H3/t14-,15-/m1/s1. The fraction of sp³-hybridized carbons (Fsp3) is 0.412. The second-order valence-electron chi connectivity index (χ2n) is 5.01. The molecule has 1 aromatic carbocycles. The van der Waals surface area contributed by atoms with E-state index in [2.05, 4.69) is 36.7 Å². The molecule has 2 rings (SSSR count). The van der Waals surface area contributed by atoms with Crippen LogP contribution in [0.25, 0.3) is 0 Å². The van der Waals surface area contributed by atoms with E-state index in [-0.39, 0.29) is 0 Å². The number of aryl methyl sites for hydroxylation is 1. The van der Waals surface area contributed by atoms with Gasteiger partial charge in [0, 0.05) is 24.1 Å². The van der Waals surface area contributed by atoms with Gasteiger partial charge in [-0.3, -0.25) is 0 Å². The van der Waals surface area contributed by atoms with Gasteiger partial charge in [-0.05, 0) is 30.9 Å². The summed E-state index contributed by atoms with van der Waals surface area (Å²) in [5.74, 6) is 1.45. The summed E-state index contributed by atoms with van der Waals surface area (Å²) in [5.41, 5.74) is 2.78. The van der Waals surface area contributed by atoms with E-state index in [1.54, 1.807) is 7.11 Å². The fourth-order valence-corrected chi connectivity index (χ4v) is 3.06. The summed E-state index contributed by atoms with van der Waals surface area (Å²) in [7, 11) is 1.75. The Kier molecular flexibility index (Phi) is 4.80. The van der Waals surface area contributed by atoms with Gasteiger partial charge in [0.15, 0.2) is 0 Å². The Morgan fingerprint density at radius 2 is 2.21 bits per heavy atom. The molecule has 1 aliphatic rings. The largest absolute Gasteiger partial charge is 0.496 e. The molecule has 0 saturated carbocycles. The summed E-state index contributed by atoms with van der Waals surface area (Å²) < 4.78 is 5.56. The number of fused-ring (bicyclic) bond motifs is 1. The zero-order valence-electron chi connectivity index (χ0n) is 11.7. The lowest BCUT2D eigenvalue weighted by Crippen LogP contribution is -2.38. The van der Waals surface area contributed by atoms with Crippen LogP contribution in [0.1, 0.15) is 29.9 Å². The SMILES string of the molecule is C=CCN[C@@H]1CCc2cccc(OC)c2[C@@H]1CC=C. The Hall–Kier alpha value is -1.54. The summed E-state index contributed by atoms with van der Waals surface area (Å²) >= 11 is 0. The number of allylic oxidation sites excluding steroid dienone is 1. The minimum absolute atomic E-state index is 0.442. The Balaban J connectivity index is 2.35. The molecule has 1 aromatic rings. The second kappa shape index (κ2) is 6.58. The zero-order valence-corrected chi connectivity index (χ0v) is 11.7. The minimum atomic E-state index is 0.442. The molecule has 102 valence electrons. The normalized spacial score (nSPS) is 21.5. The first-order valence-corrected chi connectivity index (χ1v) is 6.92. The predicted molar refractivity (Wildman–Crippen MR) is 80.9 cm³/mol. The van der Waals surface area contributed by atoms with Crippen molar-refractivity contribution >= 4 is 0 Å². The van der Waals surface area contributed by atoms with E-state index < -0.39 is 0 Å². The first-order valence-electron chi connectivity index (χ1n) is 6.92. The van der Waals surface area contributed by atoms with Crippen LogP contribution in [0.15, 0.2) is 43.5 Å². The molecular formula is C17H23NO. The van der Waals surface area contributed by atoms with Crippen LogP contribution < -0.4 is 10.1 Å². The highest BCUT2D eigenvalue weighted by Gasteiger charge is 2.30. The van der Waals surface area contributed by atoms with Crippen LogP contribution in [0, 0.1) is 0 Å². The van der Waals surface area contributed by atoms with Gasteiger partial charge in [-0.15, -0.1) is 13.2 Å². The molecular weight excluding hydrogens is 234 g/mol. The Morgan fingerprint density at radius 1 is 1.37 bits per heavy atom. The van der Waals surface area contributed by atoms with Gasteiger partial charge >= 0.3 is 0 Å². The van der Waals surface area contributed by atoms with E-state index in [0.29, 0.717) is 12.0 Å². The number of hydrogen-bond donors (Lipinski definition) is 1. The zero-order chi connectivity index (χ0) is 13.7. The van der Waals surface area contributed by atoms with E-state index in [1.165, 1.54) is 11.1 Å². The van der Waals surface area contributed by atoms with E-state index in [0.717, 1.165) is 31.6 Å². The third-order valence-corrected chi connectivity index (χ3v) is 3.90. The lowest BCUT2D eigenvalue weighted by atomic mass is 9.77. The summed E-state index contributed by atoms with van der Waals surface area (Å²) in [6, 6.07) is 6.84. The van der Waals surface area contributed by atoms with Gasteiger partial charge in [0.1, 0.15) is 5.75 Å². The molecule has 0 fully saturated rings. The molecule has 0 bridgehead atoms. The molecule has 0 aromatic heterocycles. The van der Waals surface area contributed by atoms with Crippen molar-refractivity contribution in [2.24, 2.45) is 0 Å². The van der Waals surface area contributed by atoms with E-state index >= 15 is 0 Å². The summed E-state index contributed by atoms with van der Waals surface area (Å²) in [6.45, 7) is 8.55. The first-order chi connectivity index (χ1) is 9.31. The average molecular weight is 257 g/mol. The van der Waals surface area contributed by atoms with Crippen molar-refractivity contribution in [3.8, 4) is 5.75 Å². The number of hydrogen-bond acceptors (Lipinski definition) is 2. The van der Waals surface area contributed by atoms with Crippen molar-refractivity contribution in [2.45, 2.75) is 31.2 Å². The molecule has 0 aliphatic heterocycles. The molecule has 0 amide bonds. The van der Waals surface area contributed by atoms with Crippen molar-refractivity contribution in [3.63, 3.8) is 0 Å². The van der Waals surface area contributed by atoms with Crippen molar-refractivity contribution in [2.75, 3.05) is 13.7 Å². The van der Waals surface area contributed by atoms with E-state index in [4.69, 9.17) is 4.74 Å². The fourth-order valence-electron chi connectivity index (χ4n) is 3.06. The van der Waals surface area contributed by atoms with Crippen LogP contribution in [-0.4, -0.2) is 19.7 Å². The first kappa shape index (κ1) is 13.9. The molecule has 0 saturated heterocycles. The minimum Gasteiger partial charge on any atom is -0.496 e. The van der Waals surface area contributed by atoms with E-state index in [9.17, 15) is 0 Å². The van der Waals surface area contributed by atoms with Gasteiger partial charge in [-0.2, -0.15) is 0 Å². The van der Waals surface area contributed by atoms with E-state index in [1.807, 2.05) is 12.2 Å². The average Bonchev–Trinajstić information content (AvgIpc) is 2.45. The summed E-state index contributed by atoms with van der Waals surface area (Å²) in [6.07, 6.45) is 7.17. The van der Waals surface area contributed by atoms with Crippen LogP contribution in [0.3, 0.4) is 0 Å². The Bertz CT molecular complexity index is 438. The third kappa shape index (κ3) is 2.90. The van der Waals surface area contributed by atoms with Gasteiger partial charge in [-0.1, -0.05) is 24.3 Å². The second-order valence-corrected chi connectivity index (χ2v) is 5.01. The van der Waals surface area contributed by atoms with Gasteiger partial charge in [0.05, 0.1) is 7.11 Å². The Morgan fingerprint density at radius 3 is 2.89 bits per heavy atom. The lowest BCUT2D eigenvalue weighted by molar-refractivity contribution is 0.366. The Labute approximate surface area is 116 Å². The quantitative estimate of drug-likeness (QED) is 0.788. The number of benzene rings is 1. The summed E-state index contributed by atoms with van der Waals surface area (Å²) in [5, 5.41) is 3.58. The predicted octanol–water partition coefficient (Wildman–Crippen LogP) is 3.45. The maximum Gasteiger partial charge on any atom is 0.122 e. The monoisotopic (exact) mass is 257 g/mol. The van der Waals surface area contributed by atoms with Crippen LogP contribution in [0.4, 0.5) is 0 Å². The lowest BCUT2D eigenvalue weighted by Gasteiger charge is -2.34. The maximum absolute atomic E-state index is 5.56. The molecule has 19 heavy (non-hydrogen) atoms. The molecule has 0 spiro atoms. The van der Waals surface area contributed by atoms with Gasteiger partial charge < -0.3 is 10.1 Å². The molecule has 0 unspecified atom stereocenters. The van der Waals surface area contributed by atoms with Crippen molar-refractivity contribution in [1.82, 2.24) is 5.32 Å². The van der Waals surface area contributed by atoms with Crippen molar-refractivity contribution in [3.05, 3.63) is 54.6 Å². The number of rotatable bonds is 6. The highest BCUT2D eigenvalue weighted by Crippen LogP contribution is 2.40. The molecule has 2 atom stereocenters. The van der Waals surface area contributed by atoms with Gasteiger partial charge in [0.25, 0.3) is 0 Å². The van der Waals surface area contributed by atoms with Crippen LogP contribution in [-0.2, 0) is 6.42 Å².